The molecule has 35 heavy (non-hydrogen) atoms. The number of carbonyl (C=O) groups excluding carboxylic acids is 1. The van der Waals surface area contributed by atoms with E-state index in [1.54, 1.807) is 28.3 Å². The number of aromatic nitrogens is 6. The van der Waals surface area contributed by atoms with Gasteiger partial charge in [0.1, 0.15) is 5.70 Å². The fourth-order valence-electron chi connectivity index (χ4n) is 3.90. The number of pyridine rings is 1. The van der Waals surface area contributed by atoms with Crippen LogP contribution in [0.25, 0.3) is 16.3 Å². The molecule has 0 saturated carbocycles. The maximum atomic E-state index is 13.6. The predicted octanol–water partition coefficient (Wildman–Crippen LogP) is 4.07. The monoisotopic (exact) mass is 499 g/mol. The summed E-state index contributed by atoms with van der Waals surface area (Å²) in [4.78, 5) is 23.8. The van der Waals surface area contributed by atoms with Crippen molar-refractivity contribution in [3.8, 4) is 10.6 Å². The zero-order chi connectivity index (χ0) is 24.7. The maximum absolute atomic E-state index is 13.6. The van der Waals surface area contributed by atoms with Gasteiger partial charge in [-0.1, -0.05) is 11.3 Å². The molecule has 0 aromatic carbocycles. The van der Waals surface area contributed by atoms with Crippen LogP contribution in [0.15, 0.2) is 48.9 Å². The average Bonchev–Trinajstić information content (AvgIpc) is 3.56. The summed E-state index contributed by atoms with van der Waals surface area (Å²) in [6, 6.07) is 7.59. The SMILES string of the molecule is Cc1ccc(CNC(=O)[C@H]2C=C(n3nncc3C(F)(F)F)c3ncc(-c4ccc(C)s4)n3C2)cn1. The van der Waals surface area contributed by atoms with E-state index in [2.05, 4.69) is 25.6 Å². The van der Waals surface area contributed by atoms with Crippen LogP contribution in [0.1, 0.15) is 27.7 Å². The minimum Gasteiger partial charge on any atom is -0.351 e. The molecular formula is C23H20F3N7OS. The number of amides is 1. The van der Waals surface area contributed by atoms with Gasteiger partial charge in [-0.05, 0) is 43.7 Å². The van der Waals surface area contributed by atoms with Crippen molar-refractivity contribution in [3.05, 3.63) is 76.6 Å². The van der Waals surface area contributed by atoms with E-state index in [-0.39, 0.29) is 30.5 Å². The van der Waals surface area contributed by atoms with Gasteiger partial charge in [-0.3, -0.25) is 9.78 Å². The second-order valence-electron chi connectivity index (χ2n) is 8.20. The number of imidazole rings is 1. The van der Waals surface area contributed by atoms with Crippen LogP contribution in [0.2, 0.25) is 0 Å². The Bertz CT molecular complexity index is 1420. The number of carbonyl (C=O) groups is 1. The summed E-state index contributed by atoms with van der Waals surface area (Å²) in [7, 11) is 0. The van der Waals surface area contributed by atoms with Crippen LogP contribution in [-0.2, 0) is 24.1 Å². The minimum atomic E-state index is -4.68. The van der Waals surface area contributed by atoms with Gasteiger partial charge in [0.05, 0.1) is 28.9 Å². The number of nitrogens with one attached hydrogen (secondary N) is 1. The normalized spacial score (nSPS) is 15.6. The van der Waals surface area contributed by atoms with Crippen molar-refractivity contribution in [2.45, 2.75) is 33.1 Å². The Balaban J connectivity index is 1.52. The van der Waals surface area contributed by atoms with Gasteiger partial charge in [0.15, 0.2) is 11.5 Å². The zero-order valence-corrected chi connectivity index (χ0v) is 19.6. The van der Waals surface area contributed by atoms with Gasteiger partial charge in [-0.2, -0.15) is 13.2 Å². The number of rotatable bonds is 5. The van der Waals surface area contributed by atoms with Crippen LogP contribution in [-0.4, -0.2) is 35.4 Å². The number of fused-ring (bicyclic) bond motifs is 1. The molecule has 1 amide bonds. The Hall–Kier alpha value is -3.80. The number of halogens is 3. The molecule has 0 radical (unpaired) electrons. The molecule has 12 heteroatoms. The van der Waals surface area contributed by atoms with Crippen LogP contribution in [0.3, 0.4) is 0 Å². The second-order valence-corrected chi connectivity index (χ2v) is 9.49. The summed E-state index contributed by atoms with van der Waals surface area (Å²) in [5.41, 5.74) is 1.41. The third-order valence-corrected chi connectivity index (χ3v) is 6.68. The lowest BCUT2D eigenvalue weighted by Gasteiger charge is -2.24. The predicted molar refractivity (Wildman–Crippen MR) is 123 cm³/mol. The summed E-state index contributed by atoms with van der Waals surface area (Å²) < 4.78 is 43.4. The molecule has 0 saturated heterocycles. The molecule has 0 bridgehead atoms. The van der Waals surface area contributed by atoms with E-state index in [0.717, 1.165) is 26.7 Å². The van der Waals surface area contributed by atoms with Crippen molar-refractivity contribution >= 4 is 22.9 Å². The largest absolute Gasteiger partial charge is 0.435 e. The van der Waals surface area contributed by atoms with E-state index in [0.29, 0.717) is 10.9 Å². The summed E-state index contributed by atoms with van der Waals surface area (Å²) in [6.45, 7) is 4.30. The molecule has 0 spiro atoms. The highest BCUT2D eigenvalue weighted by Crippen LogP contribution is 2.36. The second kappa shape index (κ2) is 8.77. The highest BCUT2D eigenvalue weighted by molar-refractivity contribution is 7.15. The van der Waals surface area contributed by atoms with Gasteiger partial charge in [0, 0.05) is 29.9 Å². The van der Waals surface area contributed by atoms with Crippen molar-refractivity contribution < 1.29 is 18.0 Å². The Morgan fingerprint density at radius 1 is 1.14 bits per heavy atom. The Kier molecular flexibility index (Phi) is 5.75. The van der Waals surface area contributed by atoms with E-state index < -0.39 is 17.8 Å². The molecular weight excluding hydrogens is 479 g/mol. The molecule has 180 valence electrons. The number of thiophene rings is 1. The molecule has 1 aliphatic rings. The first-order valence-electron chi connectivity index (χ1n) is 10.7. The van der Waals surface area contributed by atoms with Crippen molar-refractivity contribution in [2.24, 2.45) is 5.92 Å². The van der Waals surface area contributed by atoms with E-state index in [4.69, 9.17) is 0 Å². The summed E-state index contributed by atoms with van der Waals surface area (Å²) in [5, 5.41) is 10.0. The first-order chi connectivity index (χ1) is 16.7. The summed E-state index contributed by atoms with van der Waals surface area (Å²) in [5.74, 6) is -0.798. The topological polar surface area (TPSA) is 90.5 Å². The standard InChI is InChI=1S/C23H20F3N7OS/c1-13-3-5-15(8-27-13)9-29-22(34)16-7-17(33-20(11-30-31-33)23(24,25)26)21-28-10-18(32(21)12-16)19-6-4-14(2)35-19/h3-8,10-11,16H,9,12H2,1-2H3,(H,29,34)/t16-/m0/s1. The van der Waals surface area contributed by atoms with Crippen molar-refractivity contribution in [3.63, 3.8) is 0 Å². The molecule has 1 aliphatic heterocycles. The highest BCUT2D eigenvalue weighted by Gasteiger charge is 2.39. The number of hydrogen-bond acceptors (Lipinski definition) is 6. The molecule has 1 N–H and O–H groups in total. The van der Waals surface area contributed by atoms with E-state index >= 15 is 0 Å². The van der Waals surface area contributed by atoms with Gasteiger partial charge in [-0.15, -0.1) is 16.4 Å². The molecule has 4 aromatic rings. The molecule has 0 aliphatic carbocycles. The zero-order valence-electron chi connectivity index (χ0n) is 18.7. The lowest BCUT2D eigenvalue weighted by atomic mass is 10.0. The van der Waals surface area contributed by atoms with E-state index in [9.17, 15) is 18.0 Å². The molecule has 4 aromatic heterocycles. The molecule has 5 heterocycles. The Labute approximate surface area is 202 Å². The lowest BCUT2D eigenvalue weighted by molar-refractivity contribution is -0.142. The molecule has 8 nitrogen and oxygen atoms in total. The van der Waals surface area contributed by atoms with E-state index in [1.165, 1.54) is 6.08 Å². The summed E-state index contributed by atoms with van der Waals surface area (Å²) in [6.07, 6.45) is 0.734. The summed E-state index contributed by atoms with van der Waals surface area (Å²) >= 11 is 1.54. The molecule has 0 fully saturated rings. The Morgan fingerprint density at radius 3 is 2.66 bits per heavy atom. The third-order valence-electron chi connectivity index (χ3n) is 5.66. The molecule has 1 atom stereocenters. The lowest BCUT2D eigenvalue weighted by Crippen LogP contribution is -2.35. The first kappa shape index (κ1) is 23.0. The number of hydrogen-bond donors (Lipinski definition) is 1. The third kappa shape index (κ3) is 4.48. The number of alkyl halides is 3. The molecule has 0 unspecified atom stereocenters. The highest BCUT2D eigenvalue weighted by atomic mass is 32.1. The fraction of sp³-hybridized carbons (Fsp3) is 0.261. The van der Waals surface area contributed by atoms with Gasteiger partial charge in [0.25, 0.3) is 0 Å². The minimum absolute atomic E-state index is 0.0535. The van der Waals surface area contributed by atoms with Crippen molar-refractivity contribution in [2.75, 3.05) is 0 Å². The van der Waals surface area contributed by atoms with Crippen LogP contribution in [0, 0.1) is 19.8 Å². The Morgan fingerprint density at radius 2 is 1.97 bits per heavy atom. The van der Waals surface area contributed by atoms with Crippen molar-refractivity contribution in [1.82, 2.24) is 34.8 Å². The fourth-order valence-corrected chi connectivity index (χ4v) is 4.79. The van der Waals surface area contributed by atoms with Crippen molar-refractivity contribution in [1.29, 1.82) is 0 Å². The van der Waals surface area contributed by atoms with Gasteiger partial charge < -0.3 is 9.88 Å². The number of nitrogens with zero attached hydrogens (tertiary/aromatic N) is 6. The number of aryl methyl sites for hydroxylation is 2. The van der Waals surface area contributed by atoms with Gasteiger partial charge in [0.2, 0.25) is 5.91 Å². The first-order valence-corrected chi connectivity index (χ1v) is 11.5. The van der Waals surface area contributed by atoms with Crippen LogP contribution < -0.4 is 5.32 Å². The quantitative estimate of drug-likeness (QED) is 0.447. The van der Waals surface area contributed by atoms with E-state index in [1.807, 2.05) is 38.1 Å². The smallest absolute Gasteiger partial charge is 0.351 e. The van der Waals surface area contributed by atoms with Crippen LogP contribution >= 0.6 is 11.3 Å². The molecule has 5 rings (SSSR count). The maximum Gasteiger partial charge on any atom is 0.435 e. The average molecular weight is 500 g/mol. The van der Waals surface area contributed by atoms with Crippen LogP contribution in [0.5, 0.6) is 0 Å². The van der Waals surface area contributed by atoms with Crippen LogP contribution in [0.4, 0.5) is 13.2 Å². The van der Waals surface area contributed by atoms with Gasteiger partial charge >= 0.3 is 6.18 Å². The van der Waals surface area contributed by atoms with Gasteiger partial charge in [-0.25, -0.2) is 9.67 Å².